The van der Waals surface area contributed by atoms with Crippen LogP contribution in [0.15, 0.2) is 30.3 Å². The number of carbonyl (C=O) groups excluding carboxylic acids is 2. The Hall–Kier alpha value is -1.86. The minimum Gasteiger partial charge on any atom is -0.462 e. The van der Waals surface area contributed by atoms with Crippen molar-refractivity contribution in [2.75, 3.05) is 0 Å². The van der Waals surface area contributed by atoms with E-state index in [2.05, 4.69) is 0 Å². The van der Waals surface area contributed by atoms with Crippen LogP contribution in [0, 0.1) is 0 Å². The highest BCUT2D eigenvalue weighted by Gasteiger charge is 2.18. The molecule has 20 heavy (non-hydrogen) atoms. The Bertz CT molecular complexity index is 480. The molecule has 0 atom stereocenters. The van der Waals surface area contributed by atoms with Crippen LogP contribution in [0.4, 0.5) is 0 Å². The van der Waals surface area contributed by atoms with Gasteiger partial charge >= 0.3 is 5.97 Å². The maximum atomic E-state index is 11.8. The van der Waals surface area contributed by atoms with Gasteiger partial charge in [0.25, 0.3) is 0 Å². The molecule has 1 fully saturated rings. The van der Waals surface area contributed by atoms with Gasteiger partial charge in [-0.15, -0.1) is 0 Å². The summed E-state index contributed by atoms with van der Waals surface area (Å²) in [6.45, 7) is 0. The number of carbonyl (C=O) groups is 1. The fourth-order valence-corrected chi connectivity index (χ4v) is 2.55. The van der Waals surface area contributed by atoms with Crippen LogP contribution in [-0.2, 0) is 14.3 Å². The van der Waals surface area contributed by atoms with E-state index in [1.807, 2.05) is 36.3 Å². The molecule has 1 aromatic rings. The normalized spacial score (nSPS) is 15.4. The fraction of sp³-hybridized carbons (Fsp3) is 0.471. The van der Waals surface area contributed by atoms with Gasteiger partial charge in [0.2, 0.25) is 0 Å². The highest BCUT2D eigenvalue weighted by atomic mass is 16.5. The molecule has 3 nitrogen and oxygen atoms in total. The minimum absolute atomic E-state index is 0.0802. The lowest BCUT2D eigenvalue weighted by molar-refractivity contribution is -0.150. The molecule has 0 aromatic heterocycles. The predicted octanol–water partition coefficient (Wildman–Crippen LogP) is 3.56. The van der Waals surface area contributed by atoms with E-state index >= 15 is 0 Å². The van der Waals surface area contributed by atoms with Gasteiger partial charge in [-0.25, -0.2) is 4.79 Å². The van der Waals surface area contributed by atoms with Crippen LogP contribution in [0.3, 0.4) is 0 Å². The van der Waals surface area contributed by atoms with Gasteiger partial charge in [0, 0.05) is 5.57 Å². The van der Waals surface area contributed by atoms with Gasteiger partial charge in [0.05, 0.1) is 6.42 Å². The first-order valence-corrected chi connectivity index (χ1v) is 7.28. The number of esters is 1. The molecule has 0 saturated heterocycles. The predicted molar refractivity (Wildman–Crippen MR) is 77.7 cm³/mol. The zero-order chi connectivity index (χ0) is 14.2. The number of ether oxygens (including phenoxy) is 1. The first kappa shape index (κ1) is 14.5. The molecule has 1 aliphatic rings. The molecule has 0 heterocycles. The van der Waals surface area contributed by atoms with Crippen LogP contribution >= 0.6 is 0 Å². The van der Waals surface area contributed by atoms with Crippen LogP contribution in [-0.4, -0.2) is 18.0 Å². The van der Waals surface area contributed by atoms with E-state index < -0.39 is 0 Å². The molecular weight excluding hydrogens is 252 g/mol. The summed E-state index contributed by atoms with van der Waals surface area (Å²) in [7, 11) is 0. The molecular formula is C17H20O3. The Kier molecular flexibility index (Phi) is 5.57. The summed E-state index contributed by atoms with van der Waals surface area (Å²) in [5, 5.41) is 0. The summed E-state index contributed by atoms with van der Waals surface area (Å²) in [6.07, 6.45) is 6.18. The van der Waals surface area contributed by atoms with E-state index in [4.69, 9.17) is 4.74 Å². The Morgan fingerprint density at radius 3 is 2.45 bits per heavy atom. The van der Waals surface area contributed by atoms with Gasteiger partial charge in [-0.1, -0.05) is 36.8 Å². The van der Waals surface area contributed by atoms with Crippen LogP contribution in [0.25, 0.3) is 5.57 Å². The number of hydrogen-bond acceptors (Lipinski definition) is 3. The van der Waals surface area contributed by atoms with Gasteiger partial charge in [0.15, 0.2) is 0 Å². The molecule has 0 radical (unpaired) electrons. The van der Waals surface area contributed by atoms with Crippen molar-refractivity contribution in [1.82, 2.24) is 0 Å². The van der Waals surface area contributed by atoms with Gasteiger partial charge in [-0.3, -0.25) is 4.79 Å². The second kappa shape index (κ2) is 7.66. The van der Waals surface area contributed by atoms with Crippen molar-refractivity contribution in [3.63, 3.8) is 0 Å². The topological polar surface area (TPSA) is 43.4 Å². The maximum Gasteiger partial charge on any atom is 0.306 e. The van der Waals surface area contributed by atoms with Crippen molar-refractivity contribution in [3.05, 3.63) is 35.9 Å². The molecule has 0 aliphatic heterocycles. The summed E-state index contributed by atoms with van der Waals surface area (Å²) in [4.78, 5) is 22.8. The van der Waals surface area contributed by atoms with Gasteiger partial charge in [-0.05, 0) is 37.7 Å². The second-order valence-corrected chi connectivity index (χ2v) is 5.20. The highest BCUT2D eigenvalue weighted by Crippen LogP contribution is 2.22. The van der Waals surface area contributed by atoms with Crippen LogP contribution in [0.2, 0.25) is 0 Å². The lowest BCUT2D eigenvalue weighted by Crippen LogP contribution is -2.20. The van der Waals surface area contributed by atoms with E-state index in [9.17, 15) is 9.59 Å². The molecule has 106 valence electrons. The van der Waals surface area contributed by atoms with Crippen LogP contribution in [0.1, 0.15) is 50.5 Å². The molecule has 0 bridgehead atoms. The number of benzene rings is 1. The summed E-state index contributed by atoms with van der Waals surface area (Å²) in [6, 6.07) is 9.34. The Labute approximate surface area is 119 Å². The van der Waals surface area contributed by atoms with Crippen molar-refractivity contribution in [1.29, 1.82) is 0 Å². The first-order valence-electron chi connectivity index (χ1n) is 7.28. The smallest absolute Gasteiger partial charge is 0.306 e. The summed E-state index contributed by atoms with van der Waals surface area (Å²) in [5.74, 6) is 1.73. The van der Waals surface area contributed by atoms with Crippen LogP contribution < -0.4 is 0 Å². The fourth-order valence-electron chi connectivity index (χ4n) is 2.55. The largest absolute Gasteiger partial charge is 0.462 e. The molecule has 3 heteroatoms. The van der Waals surface area contributed by atoms with Crippen molar-refractivity contribution < 1.29 is 14.3 Å². The first-order chi connectivity index (χ1) is 9.79. The van der Waals surface area contributed by atoms with E-state index in [-0.39, 0.29) is 18.5 Å². The minimum atomic E-state index is -0.208. The van der Waals surface area contributed by atoms with Gasteiger partial charge in [0.1, 0.15) is 12.0 Å². The third kappa shape index (κ3) is 4.36. The second-order valence-electron chi connectivity index (χ2n) is 5.20. The average molecular weight is 272 g/mol. The van der Waals surface area contributed by atoms with Crippen molar-refractivity contribution in [2.45, 2.75) is 51.0 Å². The van der Waals surface area contributed by atoms with Gasteiger partial charge in [-0.2, -0.15) is 0 Å². The zero-order valence-electron chi connectivity index (χ0n) is 11.6. The molecule has 0 amide bonds. The molecule has 0 N–H and O–H groups in total. The van der Waals surface area contributed by atoms with Crippen LogP contribution in [0.5, 0.6) is 0 Å². The molecule has 1 aliphatic carbocycles. The number of allylic oxidation sites excluding steroid dienone is 1. The third-order valence-corrected chi connectivity index (χ3v) is 3.67. The third-order valence-electron chi connectivity index (χ3n) is 3.67. The number of hydrogen-bond donors (Lipinski definition) is 0. The molecule has 2 rings (SSSR count). The summed E-state index contributed by atoms with van der Waals surface area (Å²) >= 11 is 0. The summed E-state index contributed by atoms with van der Waals surface area (Å²) in [5.41, 5.74) is 1.36. The molecule has 1 saturated carbocycles. The zero-order valence-corrected chi connectivity index (χ0v) is 11.6. The van der Waals surface area contributed by atoms with Crippen molar-refractivity contribution in [3.8, 4) is 0 Å². The Morgan fingerprint density at radius 2 is 1.80 bits per heavy atom. The van der Waals surface area contributed by atoms with E-state index in [0.29, 0.717) is 12.0 Å². The SMILES string of the molecule is O=C=C(CCC(=O)OC1CCCCC1)c1ccccc1. The Morgan fingerprint density at radius 1 is 1.10 bits per heavy atom. The lowest BCUT2D eigenvalue weighted by Gasteiger charge is -2.21. The van der Waals surface area contributed by atoms with E-state index in [0.717, 1.165) is 31.2 Å². The van der Waals surface area contributed by atoms with Crippen molar-refractivity contribution in [2.24, 2.45) is 0 Å². The molecule has 0 unspecified atom stereocenters. The highest BCUT2D eigenvalue weighted by molar-refractivity contribution is 5.88. The van der Waals surface area contributed by atoms with E-state index in [1.165, 1.54) is 6.42 Å². The average Bonchev–Trinajstić information content (AvgIpc) is 2.50. The molecule has 0 spiro atoms. The Balaban J connectivity index is 1.81. The van der Waals surface area contributed by atoms with E-state index in [1.54, 1.807) is 0 Å². The lowest BCUT2D eigenvalue weighted by atomic mass is 9.98. The quantitative estimate of drug-likeness (QED) is 0.608. The number of rotatable bonds is 5. The van der Waals surface area contributed by atoms with Crippen molar-refractivity contribution >= 4 is 17.5 Å². The maximum absolute atomic E-state index is 11.8. The summed E-state index contributed by atoms with van der Waals surface area (Å²) < 4.78 is 5.44. The monoisotopic (exact) mass is 272 g/mol. The standard InChI is InChI=1S/C17H20O3/c18-13-15(14-7-3-1-4-8-14)11-12-17(19)20-16-9-5-2-6-10-16/h1,3-4,7-8,16H,2,5-6,9-12H2. The molecule has 1 aromatic carbocycles. The van der Waals surface area contributed by atoms with Gasteiger partial charge < -0.3 is 4.74 Å².